The van der Waals surface area contributed by atoms with Crippen LogP contribution in [0.4, 0.5) is 8.78 Å². The summed E-state index contributed by atoms with van der Waals surface area (Å²) in [5.41, 5.74) is -0.292. The Morgan fingerprint density at radius 1 is 1.32 bits per heavy atom. The molecule has 2 heterocycles. The predicted octanol–water partition coefficient (Wildman–Crippen LogP) is 3.20. The van der Waals surface area contributed by atoms with Gasteiger partial charge in [-0.2, -0.15) is 4.98 Å². The zero-order valence-electron chi connectivity index (χ0n) is 9.79. The summed E-state index contributed by atoms with van der Waals surface area (Å²) in [4.78, 5) is 4.08. The van der Waals surface area contributed by atoms with E-state index in [-0.39, 0.29) is 17.5 Å². The summed E-state index contributed by atoms with van der Waals surface area (Å²) >= 11 is 3.02. The molecule has 100 valence electrons. The van der Waals surface area contributed by atoms with Gasteiger partial charge in [0.05, 0.1) is 6.04 Å². The van der Waals surface area contributed by atoms with Gasteiger partial charge in [0.2, 0.25) is 0 Å². The van der Waals surface area contributed by atoms with Crippen molar-refractivity contribution in [3.05, 3.63) is 34.1 Å². The summed E-state index contributed by atoms with van der Waals surface area (Å²) in [6.45, 7) is 0.884. The number of hydrogen-bond acceptors (Lipinski definition) is 4. The van der Waals surface area contributed by atoms with Crippen LogP contribution < -0.4 is 5.32 Å². The quantitative estimate of drug-likeness (QED) is 0.919. The Bertz CT molecular complexity index is 588. The molecule has 2 aromatic rings. The Balaban J connectivity index is 1.98. The second kappa shape index (κ2) is 4.97. The first-order valence-corrected chi connectivity index (χ1v) is 6.66. The largest absolute Gasteiger partial charge is 0.334 e. The highest BCUT2D eigenvalue weighted by molar-refractivity contribution is 9.10. The molecule has 0 aliphatic carbocycles. The lowest BCUT2D eigenvalue weighted by atomic mass is 10.2. The monoisotopic (exact) mass is 329 g/mol. The molecule has 1 aromatic carbocycles. The molecule has 3 rings (SSSR count). The Hall–Kier alpha value is -1.34. The van der Waals surface area contributed by atoms with E-state index in [0.717, 1.165) is 31.5 Å². The fraction of sp³-hybridized carbons (Fsp3) is 0.333. The first kappa shape index (κ1) is 12.7. The maximum atomic E-state index is 13.8. The zero-order chi connectivity index (χ0) is 13.4. The average molecular weight is 330 g/mol. The van der Waals surface area contributed by atoms with Crippen LogP contribution in [-0.4, -0.2) is 16.7 Å². The molecule has 1 aliphatic rings. The van der Waals surface area contributed by atoms with Gasteiger partial charge >= 0.3 is 0 Å². The molecule has 1 N–H and O–H groups in total. The molecule has 1 fully saturated rings. The van der Waals surface area contributed by atoms with Gasteiger partial charge in [-0.1, -0.05) is 21.1 Å². The molecule has 1 aromatic heterocycles. The molecule has 0 radical (unpaired) electrons. The Labute approximate surface area is 116 Å². The van der Waals surface area contributed by atoms with E-state index < -0.39 is 11.6 Å². The van der Waals surface area contributed by atoms with Crippen LogP contribution in [0.5, 0.6) is 0 Å². The van der Waals surface area contributed by atoms with Crippen LogP contribution in [0.25, 0.3) is 11.5 Å². The number of aromatic nitrogens is 2. The van der Waals surface area contributed by atoms with Gasteiger partial charge in [-0.05, 0) is 31.5 Å². The molecule has 1 unspecified atom stereocenters. The van der Waals surface area contributed by atoms with Crippen molar-refractivity contribution < 1.29 is 13.3 Å². The van der Waals surface area contributed by atoms with Crippen LogP contribution in [0.15, 0.2) is 21.1 Å². The van der Waals surface area contributed by atoms with Crippen LogP contribution in [0.1, 0.15) is 24.7 Å². The highest BCUT2D eigenvalue weighted by atomic mass is 79.9. The third kappa shape index (κ3) is 2.40. The smallest absolute Gasteiger partial charge is 0.263 e. The van der Waals surface area contributed by atoms with E-state index in [0.29, 0.717) is 10.3 Å². The van der Waals surface area contributed by atoms with Crippen molar-refractivity contribution in [2.24, 2.45) is 0 Å². The predicted molar refractivity (Wildman–Crippen MR) is 67.3 cm³/mol. The van der Waals surface area contributed by atoms with Crippen LogP contribution in [-0.2, 0) is 0 Å². The third-order valence-corrected chi connectivity index (χ3v) is 3.49. The van der Waals surface area contributed by atoms with Crippen molar-refractivity contribution in [3.8, 4) is 11.5 Å². The van der Waals surface area contributed by atoms with Gasteiger partial charge in [0.15, 0.2) is 5.82 Å². The van der Waals surface area contributed by atoms with Crippen molar-refractivity contribution >= 4 is 15.9 Å². The molecular formula is C12H10BrF2N3O. The van der Waals surface area contributed by atoms with Crippen molar-refractivity contribution in [2.75, 3.05) is 6.54 Å². The van der Waals surface area contributed by atoms with Gasteiger partial charge in [0, 0.05) is 4.47 Å². The van der Waals surface area contributed by atoms with E-state index >= 15 is 0 Å². The minimum Gasteiger partial charge on any atom is -0.334 e. The summed E-state index contributed by atoms with van der Waals surface area (Å²) in [6, 6.07) is 2.32. The van der Waals surface area contributed by atoms with E-state index in [1.807, 2.05) is 0 Å². The molecular weight excluding hydrogens is 320 g/mol. The fourth-order valence-corrected chi connectivity index (χ4v) is 2.53. The maximum absolute atomic E-state index is 13.8. The van der Waals surface area contributed by atoms with Crippen LogP contribution in [0.2, 0.25) is 0 Å². The lowest BCUT2D eigenvalue weighted by Gasteiger charge is -2.02. The lowest BCUT2D eigenvalue weighted by Crippen LogP contribution is -2.14. The zero-order valence-corrected chi connectivity index (χ0v) is 11.4. The first-order valence-electron chi connectivity index (χ1n) is 5.87. The number of rotatable bonds is 2. The highest BCUT2D eigenvalue weighted by Crippen LogP contribution is 2.29. The summed E-state index contributed by atoms with van der Waals surface area (Å²) in [5.74, 6) is -1.16. The van der Waals surface area contributed by atoms with Gasteiger partial charge in [-0.15, -0.1) is 0 Å². The SMILES string of the molecule is Fc1cc(Br)cc(F)c1-c1nc(C2CCCN2)no1. The highest BCUT2D eigenvalue weighted by Gasteiger charge is 2.24. The van der Waals surface area contributed by atoms with Crippen LogP contribution in [0.3, 0.4) is 0 Å². The van der Waals surface area contributed by atoms with Crippen LogP contribution in [0, 0.1) is 11.6 Å². The normalized spacial score (nSPS) is 19.0. The van der Waals surface area contributed by atoms with Gasteiger partial charge in [0.1, 0.15) is 17.2 Å². The van der Waals surface area contributed by atoms with Gasteiger partial charge in [-0.3, -0.25) is 0 Å². The molecule has 1 saturated heterocycles. The van der Waals surface area contributed by atoms with E-state index in [1.165, 1.54) is 0 Å². The van der Waals surface area contributed by atoms with E-state index in [2.05, 4.69) is 31.4 Å². The number of nitrogens with zero attached hydrogens (tertiary/aromatic N) is 2. The van der Waals surface area contributed by atoms with Crippen molar-refractivity contribution in [2.45, 2.75) is 18.9 Å². The van der Waals surface area contributed by atoms with Crippen LogP contribution >= 0.6 is 15.9 Å². The third-order valence-electron chi connectivity index (χ3n) is 3.03. The van der Waals surface area contributed by atoms with E-state index in [9.17, 15) is 8.78 Å². The van der Waals surface area contributed by atoms with Gasteiger partial charge in [0.25, 0.3) is 5.89 Å². The summed E-state index contributed by atoms with van der Waals surface area (Å²) in [5, 5.41) is 6.98. The Kier molecular flexibility index (Phi) is 3.32. The molecule has 0 spiro atoms. The van der Waals surface area contributed by atoms with Crippen molar-refractivity contribution in [1.29, 1.82) is 0 Å². The lowest BCUT2D eigenvalue weighted by molar-refractivity contribution is 0.408. The summed E-state index contributed by atoms with van der Waals surface area (Å²) < 4.78 is 32.8. The molecule has 0 saturated carbocycles. The molecule has 19 heavy (non-hydrogen) atoms. The second-order valence-corrected chi connectivity index (χ2v) is 5.27. The fourth-order valence-electron chi connectivity index (χ4n) is 2.13. The second-order valence-electron chi connectivity index (χ2n) is 4.35. The van der Waals surface area contributed by atoms with Crippen molar-refractivity contribution in [3.63, 3.8) is 0 Å². The summed E-state index contributed by atoms with van der Waals surface area (Å²) in [6.07, 6.45) is 1.92. The first-order chi connectivity index (χ1) is 9.15. The topological polar surface area (TPSA) is 51.0 Å². The standard InChI is InChI=1S/C12H10BrF2N3O/c13-6-4-7(14)10(8(15)5-6)12-17-11(18-19-12)9-2-1-3-16-9/h4-5,9,16H,1-3H2. The average Bonchev–Trinajstić information content (AvgIpc) is 2.97. The Morgan fingerprint density at radius 2 is 2.05 bits per heavy atom. The maximum Gasteiger partial charge on any atom is 0.263 e. The van der Waals surface area contributed by atoms with E-state index in [1.54, 1.807) is 0 Å². The molecule has 7 heteroatoms. The summed E-state index contributed by atoms with van der Waals surface area (Å²) in [7, 11) is 0. The van der Waals surface area contributed by atoms with Gasteiger partial charge < -0.3 is 9.84 Å². The molecule has 0 bridgehead atoms. The number of halogens is 3. The molecule has 1 aliphatic heterocycles. The minimum atomic E-state index is -0.735. The minimum absolute atomic E-state index is 0.000860. The van der Waals surface area contributed by atoms with Crippen molar-refractivity contribution in [1.82, 2.24) is 15.5 Å². The van der Waals surface area contributed by atoms with E-state index in [4.69, 9.17) is 4.52 Å². The Morgan fingerprint density at radius 3 is 2.68 bits per heavy atom. The molecule has 0 amide bonds. The molecule has 1 atom stereocenters. The number of benzene rings is 1. The number of hydrogen-bond donors (Lipinski definition) is 1. The number of nitrogens with one attached hydrogen (secondary N) is 1. The molecule has 4 nitrogen and oxygen atoms in total. The van der Waals surface area contributed by atoms with Gasteiger partial charge in [-0.25, -0.2) is 8.78 Å².